The number of rotatable bonds is 7. The van der Waals surface area contributed by atoms with Gasteiger partial charge in [0.15, 0.2) is 11.7 Å². The molecule has 2 aromatic carbocycles. The first-order valence-corrected chi connectivity index (χ1v) is 10.8. The van der Waals surface area contributed by atoms with Crippen LogP contribution in [0.15, 0.2) is 64.0 Å². The Balaban J connectivity index is 1.51. The van der Waals surface area contributed by atoms with Crippen LogP contribution in [0.1, 0.15) is 41.9 Å². The summed E-state index contributed by atoms with van der Waals surface area (Å²) in [5.74, 6) is 1.26. The fourth-order valence-electron chi connectivity index (χ4n) is 2.88. The third kappa shape index (κ3) is 4.32. The van der Waals surface area contributed by atoms with Crippen LogP contribution in [-0.4, -0.2) is 26.0 Å². The summed E-state index contributed by atoms with van der Waals surface area (Å²) >= 11 is 0. The first kappa shape index (κ1) is 19.2. The molecule has 0 radical (unpaired) electrons. The van der Waals surface area contributed by atoms with Gasteiger partial charge in [-0.15, -0.1) is 0 Å². The van der Waals surface area contributed by atoms with Crippen LogP contribution in [0.2, 0.25) is 0 Å². The highest BCUT2D eigenvalue weighted by molar-refractivity contribution is 7.92. The molecule has 1 aromatic heterocycles. The summed E-state index contributed by atoms with van der Waals surface area (Å²) in [5.41, 5.74) is 1.32. The minimum Gasteiger partial charge on any atom is -0.462 e. The Morgan fingerprint density at radius 3 is 2.66 bits per heavy atom. The summed E-state index contributed by atoms with van der Waals surface area (Å²) < 4.78 is 38.6. The number of hydrogen-bond donors (Lipinski definition) is 1. The summed E-state index contributed by atoms with van der Waals surface area (Å²) in [6, 6.07) is 12.5. The Labute approximate surface area is 168 Å². The largest absolute Gasteiger partial charge is 0.462 e. The molecule has 4 rings (SSSR count). The second-order valence-electron chi connectivity index (χ2n) is 6.77. The first-order chi connectivity index (χ1) is 14.0. The van der Waals surface area contributed by atoms with Crippen molar-refractivity contribution in [1.29, 1.82) is 0 Å². The van der Waals surface area contributed by atoms with E-state index in [1.807, 2.05) is 0 Å². The molecule has 0 spiro atoms. The van der Waals surface area contributed by atoms with Crippen molar-refractivity contribution in [3.8, 4) is 11.3 Å². The average molecular weight is 412 g/mol. The number of aromatic nitrogens is 1. The molecule has 1 heterocycles. The predicted octanol–water partition coefficient (Wildman–Crippen LogP) is 4.20. The number of nitrogens with one attached hydrogen (secondary N) is 1. The van der Waals surface area contributed by atoms with Gasteiger partial charge >= 0.3 is 5.97 Å². The minimum atomic E-state index is -3.81. The van der Waals surface area contributed by atoms with Crippen LogP contribution in [0.4, 0.5) is 5.69 Å². The van der Waals surface area contributed by atoms with E-state index in [0.717, 1.165) is 24.3 Å². The van der Waals surface area contributed by atoms with E-state index in [0.29, 0.717) is 11.7 Å². The standard InChI is InChI=1S/C21H20N2O5S/c1-2-27-21(24)16-4-3-5-17(12-16)23-29(25,26)18-10-8-14(9-11-18)19-13-22-20(28-19)15-6-7-15/h3-5,8-13,15,23H,2,6-7H2,1H3. The summed E-state index contributed by atoms with van der Waals surface area (Å²) in [7, 11) is -3.81. The molecule has 150 valence electrons. The molecule has 1 aliphatic rings. The van der Waals surface area contributed by atoms with Crippen LogP contribution in [0.5, 0.6) is 0 Å². The maximum absolute atomic E-state index is 12.7. The zero-order valence-electron chi connectivity index (χ0n) is 15.8. The molecule has 29 heavy (non-hydrogen) atoms. The van der Waals surface area contributed by atoms with Crippen molar-refractivity contribution in [3.63, 3.8) is 0 Å². The van der Waals surface area contributed by atoms with Crippen molar-refractivity contribution < 1.29 is 22.4 Å². The summed E-state index contributed by atoms with van der Waals surface area (Å²) in [6.07, 6.45) is 3.86. The van der Waals surface area contributed by atoms with Gasteiger partial charge < -0.3 is 9.15 Å². The van der Waals surface area contributed by atoms with Crippen LogP contribution in [0, 0.1) is 0 Å². The normalized spacial score (nSPS) is 13.8. The van der Waals surface area contributed by atoms with Crippen molar-refractivity contribution in [2.45, 2.75) is 30.6 Å². The molecule has 0 bridgehead atoms. The van der Waals surface area contributed by atoms with Crippen molar-refractivity contribution in [1.82, 2.24) is 4.98 Å². The van der Waals surface area contributed by atoms with Crippen molar-refractivity contribution in [2.24, 2.45) is 0 Å². The molecule has 0 aliphatic heterocycles. The zero-order valence-corrected chi connectivity index (χ0v) is 16.6. The Hall–Kier alpha value is -3.13. The fraction of sp³-hybridized carbons (Fsp3) is 0.238. The van der Waals surface area contributed by atoms with Crippen LogP contribution < -0.4 is 4.72 Å². The summed E-state index contributed by atoms with van der Waals surface area (Å²) in [6.45, 7) is 1.95. The number of carbonyl (C=O) groups is 1. The molecule has 7 nitrogen and oxygen atoms in total. The highest BCUT2D eigenvalue weighted by Gasteiger charge is 2.28. The van der Waals surface area contributed by atoms with Gasteiger partial charge in [0, 0.05) is 17.2 Å². The monoisotopic (exact) mass is 412 g/mol. The number of oxazole rings is 1. The average Bonchev–Trinajstić information content (AvgIpc) is 3.45. The van der Waals surface area contributed by atoms with Gasteiger partial charge in [-0.1, -0.05) is 6.07 Å². The van der Waals surface area contributed by atoms with E-state index in [1.54, 1.807) is 43.5 Å². The quantitative estimate of drug-likeness (QED) is 0.584. The van der Waals surface area contributed by atoms with E-state index in [-0.39, 0.29) is 22.8 Å². The maximum Gasteiger partial charge on any atom is 0.338 e. The third-order valence-corrected chi connectivity index (χ3v) is 5.92. The number of nitrogens with zero attached hydrogens (tertiary/aromatic N) is 1. The number of anilines is 1. The molecular weight excluding hydrogens is 392 g/mol. The molecule has 0 unspecified atom stereocenters. The molecule has 1 aliphatic carbocycles. The molecule has 0 saturated heterocycles. The second kappa shape index (κ2) is 7.71. The molecule has 3 aromatic rings. The highest BCUT2D eigenvalue weighted by atomic mass is 32.2. The lowest BCUT2D eigenvalue weighted by Crippen LogP contribution is -2.13. The molecule has 8 heteroatoms. The maximum atomic E-state index is 12.7. The van der Waals surface area contributed by atoms with E-state index in [9.17, 15) is 13.2 Å². The number of ether oxygens (including phenoxy) is 1. The van der Waals surface area contributed by atoms with Gasteiger partial charge in [-0.25, -0.2) is 18.2 Å². The first-order valence-electron chi connectivity index (χ1n) is 9.32. The fourth-order valence-corrected chi connectivity index (χ4v) is 3.93. The van der Waals surface area contributed by atoms with Gasteiger partial charge in [-0.2, -0.15) is 0 Å². The van der Waals surface area contributed by atoms with Crippen LogP contribution in [-0.2, 0) is 14.8 Å². The van der Waals surface area contributed by atoms with Crippen LogP contribution >= 0.6 is 0 Å². The smallest absolute Gasteiger partial charge is 0.338 e. The SMILES string of the molecule is CCOC(=O)c1cccc(NS(=O)(=O)c2ccc(-c3cnc(C4CC4)o3)cc2)c1. The molecular formula is C21H20N2O5S. The zero-order chi connectivity index (χ0) is 20.4. The van der Waals surface area contributed by atoms with Gasteiger partial charge in [0.05, 0.1) is 23.3 Å². The second-order valence-corrected chi connectivity index (χ2v) is 8.45. The number of hydrogen-bond acceptors (Lipinski definition) is 6. The van der Waals surface area contributed by atoms with Gasteiger partial charge in [-0.3, -0.25) is 4.72 Å². The van der Waals surface area contributed by atoms with E-state index < -0.39 is 16.0 Å². The Morgan fingerprint density at radius 1 is 1.21 bits per heavy atom. The van der Waals surface area contributed by atoms with Gasteiger partial charge in [0.2, 0.25) is 0 Å². The molecule has 0 atom stereocenters. The van der Waals surface area contributed by atoms with Gasteiger partial charge in [0.25, 0.3) is 10.0 Å². The lowest BCUT2D eigenvalue weighted by Gasteiger charge is -2.10. The van der Waals surface area contributed by atoms with Crippen LogP contribution in [0.25, 0.3) is 11.3 Å². The summed E-state index contributed by atoms with van der Waals surface area (Å²) in [5, 5.41) is 0. The van der Waals surface area contributed by atoms with E-state index in [2.05, 4.69) is 9.71 Å². The molecule has 1 saturated carbocycles. The Morgan fingerprint density at radius 2 is 1.97 bits per heavy atom. The summed E-state index contributed by atoms with van der Waals surface area (Å²) in [4.78, 5) is 16.2. The van der Waals surface area contributed by atoms with E-state index in [4.69, 9.17) is 9.15 Å². The van der Waals surface area contributed by atoms with Crippen LogP contribution in [0.3, 0.4) is 0 Å². The molecule has 1 N–H and O–H groups in total. The highest BCUT2D eigenvalue weighted by Crippen LogP contribution is 2.40. The number of benzene rings is 2. The molecule has 1 fully saturated rings. The lowest BCUT2D eigenvalue weighted by atomic mass is 10.2. The van der Waals surface area contributed by atoms with Gasteiger partial charge in [0.1, 0.15) is 0 Å². The van der Waals surface area contributed by atoms with E-state index in [1.165, 1.54) is 18.2 Å². The van der Waals surface area contributed by atoms with Gasteiger partial charge in [-0.05, 0) is 62.2 Å². The number of sulfonamides is 1. The topological polar surface area (TPSA) is 98.5 Å². The predicted molar refractivity (Wildman–Crippen MR) is 107 cm³/mol. The number of esters is 1. The Bertz CT molecular complexity index is 1130. The number of carbonyl (C=O) groups excluding carboxylic acids is 1. The van der Waals surface area contributed by atoms with E-state index >= 15 is 0 Å². The molecule has 0 amide bonds. The minimum absolute atomic E-state index is 0.102. The van der Waals surface area contributed by atoms with Crippen molar-refractivity contribution in [2.75, 3.05) is 11.3 Å². The van der Waals surface area contributed by atoms with Crippen molar-refractivity contribution in [3.05, 3.63) is 66.2 Å². The van der Waals surface area contributed by atoms with Crippen molar-refractivity contribution >= 4 is 21.7 Å². The lowest BCUT2D eigenvalue weighted by molar-refractivity contribution is 0.0526. The Kier molecular flexibility index (Phi) is 5.10. The third-order valence-electron chi connectivity index (χ3n) is 4.53.